The van der Waals surface area contributed by atoms with Gasteiger partial charge in [0.25, 0.3) is 5.91 Å². The lowest BCUT2D eigenvalue weighted by Crippen LogP contribution is -2.21. The number of carbonyl (C=O) groups excluding carboxylic acids is 2. The minimum atomic E-state index is -0.765. The molecule has 0 spiro atoms. The van der Waals surface area contributed by atoms with Crippen LogP contribution in [0.1, 0.15) is 20.8 Å². The summed E-state index contributed by atoms with van der Waals surface area (Å²) in [6.45, 7) is 0. The number of rotatable bonds is 3. The molecule has 0 aliphatic rings. The molecule has 0 radical (unpaired) electrons. The molecule has 7 heteroatoms. The number of methoxy groups -OCH3 is 1. The molecule has 22 heavy (non-hydrogen) atoms. The number of nitrogens with two attached hydrogens (primary N) is 2. The van der Waals surface area contributed by atoms with Crippen LogP contribution in [0.4, 0.5) is 9.80 Å². The third kappa shape index (κ3) is 3.77. The lowest BCUT2D eigenvalue weighted by molar-refractivity contribution is 0.100. The first kappa shape index (κ1) is 15.4. The van der Waals surface area contributed by atoms with E-state index in [1.807, 2.05) is 12.1 Å². The van der Waals surface area contributed by atoms with Crippen molar-refractivity contribution in [2.45, 2.75) is 0 Å². The average molecular weight is 315 g/mol. The average Bonchev–Trinajstić information content (AvgIpc) is 2.88. The van der Waals surface area contributed by atoms with E-state index < -0.39 is 11.9 Å². The van der Waals surface area contributed by atoms with Gasteiger partial charge in [-0.25, -0.2) is 4.79 Å². The van der Waals surface area contributed by atoms with E-state index >= 15 is 0 Å². The zero-order chi connectivity index (χ0) is 16.1. The van der Waals surface area contributed by atoms with E-state index in [4.69, 9.17) is 16.2 Å². The Morgan fingerprint density at radius 1 is 1.18 bits per heavy atom. The van der Waals surface area contributed by atoms with Crippen LogP contribution in [0.3, 0.4) is 0 Å². The lowest BCUT2D eigenvalue weighted by atomic mass is 10.2. The van der Waals surface area contributed by atoms with Gasteiger partial charge >= 0.3 is 6.03 Å². The monoisotopic (exact) mass is 315 g/mol. The van der Waals surface area contributed by atoms with E-state index in [2.05, 4.69) is 17.2 Å². The van der Waals surface area contributed by atoms with E-state index in [1.165, 1.54) is 6.07 Å². The molecular formula is C15H13N3O3S. The summed E-state index contributed by atoms with van der Waals surface area (Å²) in [6.07, 6.45) is 0. The molecule has 0 aliphatic carbocycles. The van der Waals surface area contributed by atoms with Gasteiger partial charge in [0, 0.05) is 5.56 Å². The van der Waals surface area contributed by atoms with Crippen molar-refractivity contribution >= 4 is 28.3 Å². The van der Waals surface area contributed by atoms with Crippen molar-refractivity contribution in [1.29, 1.82) is 0 Å². The first-order chi connectivity index (χ1) is 10.5. The number of anilines is 1. The first-order valence-corrected chi connectivity index (χ1v) is 6.97. The van der Waals surface area contributed by atoms with Crippen LogP contribution < -0.4 is 21.5 Å². The van der Waals surface area contributed by atoms with Crippen LogP contribution in [0.25, 0.3) is 0 Å². The van der Waals surface area contributed by atoms with Gasteiger partial charge in [-0.15, -0.1) is 11.3 Å². The third-order valence-electron chi connectivity index (χ3n) is 2.65. The number of hydrogen-bond acceptors (Lipinski definition) is 4. The maximum absolute atomic E-state index is 11.3. The Kier molecular flexibility index (Phi) is 4.66. The second-order valence-electron chi connectivity index (χ2n) is 4.19. The SMILES string of the molecule is COc1ccc(C#Cc2cc(C(N)=O)c(NC(N)=O)s2)cc1. The summed E-state index contributed by atoms with van der Waals surface area (Å²) >= 11 is 1.13. The second-order valence-corrected chi connectivity index (χ2v) is 5.24. The number of carbonyl (C=O) groups is 2. The fourth-order valence-electron chi connectivity index (χ4n) is 1.65. The van der Waals surface area contributed by atoms with Crippen molar-refractivity contribution in [3.63, 3.8) is 0 Å². The molecule has 0 atom stereocenters. The number of urea groups is 1. The smallest absolute Gasteiger partial charge is 0.317 e. The summed E-state index contributed by atoms with van der Waals surface area (Å²) in [4.78, 5) is 22.8. The van der Waals surface area contributed by atoms with Gasteiger partial charge in [0.15, 0.2) is 0 Å². The van der Waals surface area contributed by atoms with Crippen LogP contribution in [-0.4, -0.2) is 19.0 Å². The minimum absolute atomic E-state index is 0.183. The third-order valence-corrected chi connectivity index (χ3v) is 3.62. The van der Waals surface area contributed by atoms with Crippen LogP contribution in [0.15, 0.2) is 30.3 Å². The number of ether oxygens (including phenoxy) is 1. The summed E-state index contributed by atoms with van der Waals surface area (Å²) in [7, 11) is 1.59. The Balaban J connectivity index is 2.27. The van der Waals surface area contributed by atoms with Gasteiger partial charge in [-0.3, -0.25) is 10.1 Å². The van der Waals surface area contributed by atoms with Gasteiger partial charge in [0.2, 0.25) is 0 Å². The lowest BCUT2D eigenvalue weighted by Gasteiger charge is -1.98. The second kappa shape index (κ2) is 6.65. The normalized spacial score (nSPS) is 9.50. The molecule has 1 aromatic carbocycles. The van der Waals surface area contributed by atoms with Gasteiger partial charge in [-0.2, -0.15) is 0 Å². The fraction of sp³-hybridized carbons (Fsp3) is 0.0667. The predicted molar refractivity (Wildman–Crippen MR) is 85.0 cm³/mol. The molecule has 2 aromatic rings. The molecule has 3 amide bonds. The number of hydrogen-bond donors (Lipinski definition) is 3. The van der Waals surface area contributed by atoms with E-state index in [0.717, 1.165) is 22.6 Å². The van der Waals surface area contributed by atoms with Gasteiger partial charge in [0.05, 0.1) is 17.6 Å². The van der Waals surface area contributed by atoms with Crippen molar-refractivity contribution in [2.24, 2.45) is 11.5 Å². The number of thiophene rings is 1. The van der Waals surface area contributed by atoms with E-state index in [9.17, 15) is 9.59 Å². The highest BCUT2D eigenvalue weighted by molar-refractivity contribution is 7.17. The van der Waals surface area contributed by atoms with Crippen molar-refractivity contribution in [3.8, 4) is 17.6 Å². The maximum Gasteiger partial charge on any atom is 0.317 e. The topological polar surface area (TPSA) is 107 Å². The largest absolute Gasteiger partial charge is 0.497 e. The Morgan fingerprint density at radius 2 is 1.86 bits per heavy atom. The number of benzene rings is 1. The molecule has 0 saturated carbocycles. The van der Waals surface area contributed by atoms with E-state index in [1.54, 1.807) is 19.2 Å². The molecule has 0 fully saturated rings. The van der Waals surface area contributed by atoms with Crippen molar-refractivity contribution < 1.29 is 14.3 Å². The Morgan fingerprint density at radius 3 is 2.41 bits per heavy atom. The molecule has 0 bridgehead atoms. The van der Waals surface area contributed by atoms with Crippen molar-refractivity contribution in [2.75, 3.05) is 12.4 Å². The Labute approximate surface area is 131 Å². The van der Waals surface area contributed by atoms with Gasteiger partial charge in [-0.05, 0) is 30.3 Å². The van der Waals surface area contributed by atoms with Gasteiger partial charge in [0.1, 0.15) is 10.8 Å². The summed E-state index contributed by atoms with van der Waals surface area (Å²) in [5, 5.41) is 2.65. The molecule has 1 aromatic heterocycles. The predicted octanol–water partition coefficient (Wildman–Crippen LogP) is 1.75. The molecule has 112 valence electrons. The summed E-state index contributed by atoms with van der Waals surface area (Å²) in [6, 6.07) is 7.99. The molecule has 0 unspecified atom stereocenters. The standard InChI is InChI=1S/C15H13N3O3S/c1-21-10-5-2-9(3-6-10)4-7-11-8-12(13(16)19)14(22-11)18-15(17)20/h2-3,5-6,8H,1H3,(H2,16,19)(H3,17,18,20). The van der Waals surface area contributed by atoms with Gasteiger partial charge < -0.3 is 16.2 Å². The van der Waals surface area contributed by atoms with Crippen molar-refractivity contribution in [1.82, 2.24) is 0 Å². The Bertz CT molecular complexity index is 770. The van der Waals surface area contributed by atoms with Crippen LogP contribution in [0, 0.1) is 11.8 Å². The van der Waals surface area contributed by atoms with Crippen LogP contribution in [-0.2, 0) is 0 Å². The minimum Gasteiger partial charge on any atom is -0.497 e. The quantitative estimate of drug-likeness (QED) is 0.751. The van der Waals surface area contributed by atoms with Gasteiger partial charge in [-0.1, -0.05) is 11.8 Å². The molecule has 5 N–H and O–H groups in total. The molecule has 6 nitrogen and oxygen atoms in total. The molecule has 1 heterocycles. The maximum atomic E-state index is 11.3. The summed E-state index contributed by atoms with van der Waals surface area (Å²) in [5.74, 6) is 5.96. The summed E-state index contributed by atoms with van der Waals surface area (Å²) < 4.78 is 5.06. The summed E-state index contributed by atoms with van der Waals surface area (Å²) in [5.41, 5.74) is 11.3. The highest BCUT2D eigenvalue weighted by atomic mass is 32.1. The molecular weight excluding hydrogens is 302 g/mol. The highest BCUT2D eigenvalue weighted by Crippen LogP contribution is 2.27. The Hall–Kier alpha value is -2.98. The van der Waals surface area contributed by atoms with Crippen LogP contribution in [0.5, 0.6) is 5.75 Å². The number of amides is 3. The van der Waals surface area contributed by atoms with E-state index in [-0.39, 0.29) is 5.56 Å². The highest BCUT2D eigenvalue weighted by Gasteiger charge is 2.14. The first-order valence-electron chi connectivity index (χ1n) is 6.15. The molecule has 0 aliphatic heterocycles. The van der Waals surface area contributed by atoms with E-state index in [0.29, 0.717) is 9.88 Å². The van der Waals surface area contributed by atoms with Crippen LogP contribution in [0.2, 0.25) is 0 Å². The molecule has 2 rings (SSSR count). The van der Waals surface area contributed by atoms with Crippen LogP contribution >= 0.6 is 11.3 Å². The number of primary amides is 2. The zero-order valence-corrected chi connectivity index (χ0v) is 12.5. The zero-order valence-electron chi connectivity index (χ0n) is 11.7. The van der Waals surface area contributed by atoms with Crippen molar-refractivity contribution in [3.05, 3.63) is 46.3 Å². The fourth-order valence-corrected chi connectivity index (χ4v) is 2.57. The number of nitrogens with one attached hydrogen (secondary N) is 1. The molecule has 0 saturated heterocycles.